The first-order valence-corrected chi connectivity index (χ1v) is 21.2. The Bertz CT molecular complexity index is 2330. The van der Waals surface area contributed by atoms with E-state index in [0.717, 1.165) is 45.4 Å². The van der Waals surface area contributed by atoms with E-state index in [4.69, 9.17) is 47.6 Å². The number of aliphatic hydroxyl groups is 2. The van der Waals surface area contributed by atoms with Gasteiger partial charge >= 0.3 is 5.97 Å². The molecule has 0 aliphatic heterocycles. The molecule has 16 heteroatoms. The van der Waals surface area contributed by atoms with E-state index in [1.165, 1.54) is 18.5 Å². The molecule has 58 heavy (non-hydrogen) atoms. The summed E-state index contributed by atoms with van der Waals surface area (Å²) in [6.07, 6.45) is 3.26. The first-order valence-electron chi connectivity index (χ1n) is 18.6. The number of pyridine rings is 2. The number of benzene rings is 3. The van der Waals surface area contributed by atoms with Crippen molar-refractivity contribution in [2.45, 2.75) is 49.5 Å². The van der Waals surface area contributed by atoms with Crippen LogP contribution in [0.4, 0.5) is 0 Å². The lowest BCUT2D eigenvalue weighted by molar-refractivity contribution is -0.139. The number of aliphatic hydroxyl groups excluding tert-OH is 2. The summed E-state index contributed by atoms with van der Waals surface area (Å²) < 4.78 is 42.7. The minimum Gasteiger partial charge on any atom is -0.492 e. The second-order valence-corrected chi connectivity index (χ2v) is 16.5. The molecule has 0 fully saturated rings. The summed E-state index contributed by atoms with van der Waals surface area (Å²) in [7, 11) is -3.51. The Kier molecular flexibility index (Phi) is 14.6. The molecule has 2 atom stereocenters. The van der Waals surface area contributed by atoms with Gasteiger partial charge in [-0.2, -0.15) is 4.98 Å². The van der Waals surface area contributed by atoms with E-state index < -0.39 is 34.4 Å². The van der Waals surface area contributed by atoms with Gasteiger partial charge in [0, 0.05) is 67.1 Å². The minimum absolute atomic E-state index is 0.0112. The van der Waals surface area contributed by atoms with Gasteiger partial charge in [-0.3, -0.25) is 9.78 Å². The maximum Gasteiger partial charge on any atom is 0.306 e. The molecule has 0 radical (unpaired) electrons. The van der Waals surface area contributed by atoms with Crippen LogP contribution in [0.2, 0.25) is 10.0 Å². The van der Waals surface area contributed by atoms with Crippen molar-refractivity contribution in [3.8, 4) is 39.8 Å². The van der Waals surface area contributed by atoms with E-state index >= 15 is 0 Å². The number of carboxylic acid groups (broad SMARTS) is 1. The summed E-state index contributed by atoms with van der Waals surface area (Å²) in [5.74, 6) is -0.112. The van der Waals surface area contributed by atoms with Crippen molar-refractivity contribution >= 4 is 39.0 Å². The fourth-order valence-corrected chi connectivity index (χ4v) is 7.81. The van der Waals surface area contributed by atoms with Crippen molar-refractivity contribution in [1.29, 1.82) is 0 Å². The van der Waals surface area contributed by atoms with Crippen LogP contribution >= 0.6 is 23.2 Å². The average molecular weight is 852 g/mol. The summed E-state index contributed by atoms with van der Waals surface area (Å²) in [4.78, 5) is 19.8. The van der Waals surface area contributed by atoms with Crippen molar-refractivity contribution in [3.63, 3.8) is 0 Å². The van der Waals surface area contributed by atoms with E-state index in [-0.39, 0.29) is 48.0 Å². The number of rotatable bonds is 20. The standard InChI is InChI=1S/C42H44Cl2N4O9S/c1-58(53,54)31-18-26(21-46-24-31)25-56-41-28(22-47-23-29(50)20-39(51)52)19-37(43)42(48-41)57-38-13-12-34-33(5-3-6-35(34)38)36-7-2-4-32(40(36)44)27-8-10-30(11-9-27)55-17-15-45-14-16-49/h2-11,18-19,21,24,29,38,45,47,49-50H,12-17,20,22-23,25H2,1H3,(H,51,52)/t29?,38-/m0/s1. The summed E-state index contributed by atoms with van der Waals surface area (Å²) in [6.45, 7) is 1.74. The molecular weight excluding hydrogens is 807 g/mol. The normalized spacial score (nSPS) is 14.2. The molecule has 1 aliphatic carbocycles. The molecule has 6 rings (SSSR count). The first kappa shape index (κ1) is 42.8. The topological polar surface area (TPSA) is 189 Å². The van der Waals surface area contributed by atoms with E-state index in [1.54, 1.807) is 6.07 Å². The van der Waals surface area contributed by atoms with Crippen LogP contribution in [-0.4, -0.2) is 84.9 Å². The molecule has 1 aliphatic rings. The second kappa shape index (κ2) is 19.8. The minimum atomic E-state index is -3.51. The van der Waals surface area contributed by atoms with Crippen LogP contribution in [-0.2, 0) is 34.2 Å². The number of hydrogen-bond donors (Lipinski definition) is 5. The summed E-state index contributed by atoms with van der Waals surface area (Å²) in [5, 5.41) is 34.9. The third kappa shape index (κ3) is 11.0. The largest absolute Gasteiger partial charge is 0.492 e. The molecule has 13 nitrogen and oxygen atoms in total. The van der Waals surface area contributed by atoms with Gasteiger partial charge in [0.1, 0.15) is 30.1 Å². The Balaban J connectivity index is 1.22. The van der Waals surface area contributed by atoms with Crippen molar-refractivity contribution in [2.75, 3.05) is 39.1 Å². The number of hydrogen-bond acceptors (Lipinski definition) is 12. The highest BCUT2D eigenvalue weighted by Gasteiger charge is 2.29. The molecule has 306 valence electrons. The van der Waals surface area contributed by atoms with Crippen molar-refractivity contribution in [1.82, 2.24) is 20.6 Å². The fourth-order valence-electron chi connectivity index (χ4n) is 6.64. The quantitative estimate of drug-likeness (QED) is 0.0570. The molecule has 5 aromatic rings. The molecule has 0 bridgehead atoms. The molecular formula is C42H44Cl2N4O9S. The Morgan fingerprint density at radius 3 is 2.47 bits per heavy atom. The van der Waals surface area contributed by atoms with Crippen LogP contribution in [0.3, 0.4) is 0 Å². The number of nitrogens with one attached hydrogen (secondary N) is 2. The summed E-state index contributed by atoms with van der Waals surface area (Å²) in [6, 6.07) is 22.9. The Labute approximate surface area is 346 Å². The molecule has 0 saturated heterocycles. The highest BCUT2D eigenvalue weighted by Crippen LogP contribution is 2.45. The third-order valence-electron chi connectivity index (χ3n) is 9.42. The number of nitrogens with zero attached hydrogens (tertiary/aromatic N) is 2. The van der Waals surface area contributed by atoms with Crippen LogP contribution in [0, 0.1) is 0 Å². The number of fused-ring (bicyclic) bond motifs is 1. The molecule has 3 aromatic carbocycles. The van der Waals surface area contributed by atoms with Crippen molar-refractivity contribution in [3.05, 3.63) is 117 Å². The predicted molar refractivity (Wildman–Crippen MR) is 220 cm³/mol. The van der Waals surface area contributed by atoms with E-state index in [0.29, 0.717) is 48.7 Å². The second-order valence-electron chi connectivity index (χ2n) is 13.7. The maximum absolute atomic E-state index is 12.1. The molecule has 2 aromatic heterocycles. The van der Waals surface area contributed by atoms with E-state index in [9.17, 15) is 18.3 Å². The molecule has 2 heterocycles. The third-order valence-corrected chi connectivity index (χ3v) is 11.2. The van der Waals surface area contributed by atoms with Gasteiger partial charge in [0.15, 0.2) is 9.84 Å². The zero-order chi connectivity index (χ0) is 41.2. The number of carboxylic acids is 1. The van der Waals surface area contributed by atoms with Crippen LogP contribution in [0.5, 0.6) is 17.5 Å². The van der Waals surface area contributed by atoms with Crippen molar-refractivity contribution in [2.24, 2.45) is 0 Å². The highest BCUT2D eigenvalue weighted by molar-refractivity contribution is 7.90. The molecule has 5 N–H and O–H groups in total. The van der Waals surface area contributed by atoms with Gasteiger partial charge < -0.3 is 40.2 Å². The number of aliphatic carboxylic acids is 1. The smallest absolute Gasteiger partial charge is 0.306 e. The van der Waals surface area contributed by atoms with Gasteiger partial charge in [-0.25, -0.2) is 8.42 Å². The van der Waals surface area contributed by atoms with Crippen LogP contribution in [0.25, 0.3) is 22.3 Å². The van der Waals surface area contributed by atoms with E-state index in [2.05, 4.69) is 20.6 Å². The number of halogens is 2. The van der Waals surface area contributed by atoms with Gasteiger partial charge in [-0.1, -0.05) is 71.7 Å². The lowest BCUT2D eigenvalue weighted by Crippen LogP contribution is -2.28. The van der Waals surface area contributed by atoms with Gasteiger partial charge in [0.25, 0.3) is 0 Å². The van der Waals surface area contributed by atoms with Crippen LogP contribution < -0.4 is 24.8 Å². The highest BCUT2D eigenvalue weighted by atomic mass is 35.5. The summed E-state index contributed by atoms with van der Waals surface area (Å²) >= 11 is 13.9. The average Bonchev–Trinajstić information content (AvgIpc) is 3.61. The number of sulfone groups is 1. The molecule has 0 amide bonds. The summed E-state index contributed by atoms with van der Waals surface area (Å²) in [5.41, 5.74) is 6.76. The molecule has 0 saturated carbocycles. The number of aromatic nitrogens is 2. The van der Waals surface area contributed by atoms with Gasteiger partial charge in [-0.15, -0.1) is 0 Å². The SMILES string of the molecule is CS(=O)(=O)c1cncc(COc2nc(O[C@H]3CCc4c(-c5cccc(-c6ccc(OCCNCCO)cc6)c5Cl)cccc43)c(Cl)cc2CNCC(O)CC(=O)O)c1. The zero-order valence-electron chi connectivity index (χ0n) is 31.7. The first-order chi connectivity index (χ1) is 27.9. The van der Waals surface area contributed by atoms with Crippen LogP contribution in [0.15, 0.2) is 90.1 Å². The lowest BCUT2D eigenvalue weighted by Gasteiger charge is -2.19. The van der Waals surface area contributed by atoms with Gasteiger partial charge in [-0.05, 0) is 59.4 Å². The van der Waals surface area contributed by atoms with Crippen LogP contribution in [0.1, 0.15) is 41.2 Å². The number of ether oxygens (including phenoxy) is 3. The van der Waals surface area contributed by atoms with Gasteiger partial charge in [0.05, 0.1) is 29.0 Å². The number of carbonyl (C=O) groups is 1. The van der Waals surface area contributed by atoms with Crippen molar-refractivity contribution < 1.29 is 42.7 Å². The Morgan fingerprint density at radius 2 is 1.71 bits per heavy atom. The van der Waals surface area contributed by atoms with E-state index in [1.807, 2.05) is 60.7 Å². The Morgan fingerprint density at radius 1 is 0.948 bits per heavy atom. The monoisotopic (exact) mass is 850 g/mol. The predicted octanol–water partition coefficient (Wildman–Crippen LogP) is 6.05. The fraction of sp³-hybridized carbons (Fsp3) is 0.310. The Hall–Kier alpha value is -4.80. The zero-order valence-corrected chi connectivity index (χ0v) is 34.0. The van der Waals surface area contributed by atoms with Gasteiger partial charge in [0.2, 0.25) is 11.8 Å². The maximum atomic E-state index is 12.1. The molecule has 1 unspecified atom stereocenters. The lowest BCUT2D eigenvalue weighted by atomic mass is 9.94. The molecule has 0 spiro atoms.